The second-order valence-corrected chi connectivity index (χ2v) is 1.50. The number of unbranched alkanes of at least 4 members (excludes halogenated alkanes) is 2. The molecule has 0 amide bonds. The summed E-state index contributed by atoms with van der Waals surface area (Å²) in [6, 6.07) is 0. The Hall–Kier alpha value is -0.330. The fraction of sp³-hybridized carbons (Fsp3) is 0.667. The van der Waals surface area contributed by atoms with Gasteiger partial charge >= 0.3 is 0 Å². The van der Waals surface area contributed by atoms with E-state index in [0.717, 1.165) is 19.3 Å². The van der Waals surface area contributed by atoms with Gasteiger partial charge in [-0.05, 0) is 12.8 Å². The number of rotatable bonds is 3. The highest BCUT2D eigenvalue weighted by Crippen LogP contribution is 1.93. The molecule has 0 radical (unpaired) electrons. The van der Waals surface area contributed by atoms with Gasteiger partial charge in [-0.3, -0.25) is 0 Å². The van der Waals surface area contributed by atoms with Crippen LogP contribution in [0.4, 0.5) is 4.39 Å². The fourth-order valence-corrected chi connectivity index (χ4v) is 0.385. The minimum Gasteiger partial charge on any atom is -0.216 e. The predicted octanol–water partition coefficient (Wildman–Crippen LogP) is 2.66. The summed E-state index contributed by atoms with van der Waals surface area (Å²) in [5.74, 6) is 0. The predicted molar refractivity (Wildman–Crippen MR) is 29.8 cm³/mol. The lowest BCUT2D eigenvalue weighted by molar-refractivity contribution is 0.706. The lowest BCUT2D eigenvalue weighted by atomic mass is 10.2. The largest absolute Gasteiger partial charge is 0.216 e. The van der Waals surface area contributed by atoms with Gasteiger partial charge in [0.25, 0.3) is 0 Å². The van der Waals surface area contributed by atoms with E-state index in [1.165, 1.54) is 0 Å². The van der Waals surface area contributed by atoms with Crippen LogP contribution in [0.5, 0.6) is 0 Å². The molecule has 0 unspecified atom stereocenters. The van der Waals surface area contributed by atoms with Gasteiger partial charge in [-0.1, -0.05) is 19.4 Å². The highest BCUT2D eigenvalue weighted by molar-refractivity contribution is 4.70. The Morgan fingerprint density at radius 2 is 2.29 bits per heavy atom. The summed E-state index contributed by atoms with van der Waals surface area (Å²) in [5, 5.41) is 0. The molecule has 1 heteroatoms. The van der Waals surface area contributed by atoms with Gasteiger partial charge < -0.3 is 0 Å². The van der Waals surface area contributed by atoms with E-state index in [2.05, 4.69) is 6.92 Å². The highest BCUT2D eigenvalue weighted by Gasteiger charge is 1.74. The molecule has 0 aliphatic heterocycles. The van der Waals surface area contributed by atoms with Crippen molar-refractivity contribution in [2.75, 3.05) is 0 Å². The average molecular weight is 102 g/mol. The van der Waals surface area contributed by atoms with Crippen molar-refractivity contribution in [3.8, 4) is 0 Å². The maximum Gasteiger partial charge on any atom is 0.0827 e. The first-order chi connectivity index (χ1) is 3.41. The zero-order valence-electron chi connectivity index (χ0n) is 4.65. The minimum absolute atomic E-state index is 0.607. The van der Waals surface area contributed by atoms with Crippen LogP contribution in [-0.2, 0) is 0 Å². The van der Waals surface area contributed by atoms with Gasteiger partial charge in [0.05, 0.1) is 6.33 Å². The first-order valence-corrected chi connectivity index (χ1v) is 2.67. The van der Waals surface area contributed by atoms with Gasteiger partial charge in [0.2, 0.25) is 0 Å². The third-order valence-electron chi connectivity index (χ3n) is 0.813. The van der Waals surface area contributed by atoms with E-state index in [1.54, 1.807) is 6.08 Å². The van der Waals surface area contributed by atoms with Crippen LogP contribution in [0.3, 0.4) is 0 Å². The molecule has 42 valence electrons. The zero-order valence-corrected chi connectivity index (χ0v) is 4.65. The van der Waals surface area contributed by atoms with Gasteiger partial charge in [-0.2, -0.15) is 0 Å². The number of allylic oxidation sites excluding steroid dienone is 1. The SMILES string of the molecule is CCCC/C=C\F. The van der Waals surface area contributed by atoms with E-state index in [-0.39, 0.29) is 0 Å². The van der Waals surface area contributed by atoms with E-state index >= 15 is 0 Å². The van der Waals surface area contributed by atoms with Crippen LogP contribution < -0.4 is 0 Å². The minimum atomic E-state index is 0.607. The Balaban J connectivity index is 2.69. The second kappa shape index (κ2) is 5.67. The Bertz CT molecular complexity index is 48.1. The monoisotopic (exact) mass is 102 g/mol. The average Bonchev–Trinajstić information content (AvgIpc) is 1.69. The van der Waals surface area contributed by atoms with Crippen LogP contribution >= 0.6 is 0 Å². The van der Waals surface area contributed by atoms with Crippen LogP contribution in [-0.4, -0.2) is 0 Å². The van der Waals surface area contributed by atoms with Crippen LogP contribution in [0.1, 0.15) is 26.2 Å². The molecule has 0 aromatic heterocycles. The summed E-state index contributed by atoms with van der Waals surface area (Å²) in [4.78, 5) is 0. The summed E-state index contributed by atoms with van der Waals surface area (Å²) in [6.45, 7) is 2.09. The maximum absolute atomic E-state index is 11.1. The van der Waals surface area contributed by atoms with Crippen molar-refractivity contribution < 1.29 is 4.39 Å². The normalized spacial score (nSPS) is 10.6. The smallest absolute Gasteiger partial charge is 0.0827 e. The van der Waals surface area contributed by atoms with Crippen molar-refractivity contribution >= 4 is 0 Å². The molecule has 0 saturated heterocycles. The fourth-order valence-electron chi connectivity index (χ4n) is 0.385. The molecule has 0 aromatic rings. The highest BCUT2D eigenvalue weighted by atomic mass is 19.1. The molecule has 0 spiro atoms. The van der Waals surface area contributed by atoms with Crippen molar-refractivity contribution in [1.29, 1.82) is 0 Å². The Labute approximate surface area is 44.0 Å². The van der Waals surface area contributed by atoms with Crippen LogP contribution in [0, 0.1) is 0 Å². The lowest BCUT2D eigenvalue weighted by Gasteiger charge is -1.82. The molecule has 0 nitrogen and oxygen atoms in total. The van der Waals surface area contributed by atoms with E-state index in [0.29, 0.717) is 6.33 Å². The molecule has 0 rings (SSSR count). The molecular weight excluding hydrogens is 91.1 g/mol. The Kier molecular flexibility index (Phi) is 5.40. The third-order valence-corrected chi connectivity index (χ3v) is 0.813. The Morgan fingerprint density at radius 3 is 2.71 bits per heavy atom. The molecule has 0 aliphatic carbocycles. The summed E-state index contributed by atoms with van der Waals surface area (Å²) in [6.07, 6.45) is 5.27. The summed E-state index contributed by atoms with van der Waals surface area (Å²) in [7, 11) is 0. The van der Waals surface area contributed by atoms with Crippen LogP contribution in [0.15, 0.2) is 12.4 Å². The molecule has 0 fully saturated rings. The Morgan fingerprint density at radius 1 is 1.57 bits per heavy atom. The standard InChI is InChI=1S/C6H11F/c1-2-3-4-5-6-7/h5-6H,2-4H2,1H3/b6-5-. The molecule has 0 atom stereocenters. The molecule has 0 aliphatic rings. The molecule has 0 N–H and O–H groups in total. The zero-order chi connectivity index (χ0) is 5.54. The van der Waals surface area contributed by atoms with E-state index in [4.69, 9.17) is 0 Å². The van der Waals surface area contributed by atoms with Gasteiger partial charge in [0.1, 0.15) is 0 Å². The second-order valence-electron chi connectivity index (χ2n) is 1.50. The van der Waals surface area contributed by atoms with E-state index < -0.39 is 0 Å². The van der Waals surface area contributed by atoms with Crippen LogP contribution in [0.2, 0.25) is 0 Å². The van der Waals surface area contributed by atoms with Gasteiger partial charge in [0.15, 0.2) is 0 Å². The molecule has 0 saturated carbocycles. The van der Waals surface area contributed by atoms with Crippen molar-refractivity contribution in [3.05, 3.63) is 12.4 Å². The lowest BCUT2D eigenvalue weighted by Crippen LogP contribution is -1.63. The first kappa shape index (κ1) is 6.67. The third kappa shape index (κ3) is 5.67. The molecule has 0 aromatic carbocycles. The summed E-state index contributed by atoms with van der Waals surface area (Å²) in [5.41, 5.74) is 0. The van der Waals surface area contributed by atoms with Gasteiger partial charge in [-0.25, -0.2) is 4.39 Å². The molecule has 0 bridgehead atoms. The number of hydrogen-bond acceptors (Lipinski definition) is 0. The first-order valence-electron chi connectivity index (χ1n) is 2.67. The summed E-state index contributed by atoms with van der Waals surface area (Å²) < 4.78 is 11.1. The van der Waals surface area contributed by atoms with Crippen LogP contribution in [0.25, 0.3) is 0 Å². The van der Waals surface area contributed by atoms with E-state index in [9.17, 15) is 4.39 Å². The van der Waals surface area contributed by atoms with Crippen molar-refractivity contribution in [3.63, 3.8) is 0 Å². The molecule has 0 heterocycles. The maximum atomic E-state index is 11.1. The summed E-state index contributed by atoms with van der Waals surface area (Å²) >= 11 is 0. The van der Waals surface area contributed by atoms with Crippen molar-refractivity contribution in [1.82, 2.24) is 0 Å². The number of halogens is 1. The molecule has 7 heavy (non-hydrogen) atoms. The van der Waals surface area contributed by atoms with Crippen molar-refractivity contribution in [2.24, 2.45) is 0 Å². The number of hydrogen-bond donors (Lipinski definition) is 0. The van der Waals surface area contributed by atoms with E-state index in [1.807, 2.05) is 0 Å². The quantitative estimate of drug-likeness (QED) is 0.480. The van der Waals surface area contributed by atoms with Gasteiger partial charge in [-0.15, -0.1) is 0 Å². The topological polar surface area (TPSA) is 0 Å². The van der Waals surface area contributed by atoms with Crippen molar-refractivity contribution in [2.45, 2.75) is 26.2 Å². The molecular formula is C6H11F. The van der Waals surface area contributed by atoms with Gasteiger partial charge in [0, 0.05) is 0 Å².